The van der Waals surface area contributed by atoms with Crippen LogP contribution in [0.4, 0.5) is 23.2 Å². The van der Waals surface area contributed by atoms with Gasteiger partial charge in [0, 0.05) is 25.0 Å². The highest BCUT2D eigenvalue weighted by Gasteiger charge is 2.34. The Balaban J connectivity index is 1.85. The maximum absolute atomic E-state index is 13.7. The van der Waals surface area contributed by atoms with Crippen LogP contribution in [0.2, 0.25) is 0 Å². The van der Waals surface area contributed by atoms with Crippen LogP contribution >= 0.6 is 0 Å². The van der Waals surface area contributed by atoms with Gasteiger partial charge in [0.15, 0.2) is 0 Å². The van der Waals surface area contributed by atoms with E-state index in [-0.39, 0.29) is 5.69 Å². The molecule has 0 bridgehead atoms. The van der Waals surface area contributed by atoms with E-state index in [2.05, 4.69) is 4.98 Å². The number of pyridine rings is 1. The Morgan fingerprint density at radius 1 is 1.21 bits per heavy atom. The Kier molecular flexibility index (Phi) is 3.90. The van der Waals surface area contributed by atoms with E-state index in [0.29, 0.717) is 25.2 Å². The molecule has 2 heterocycles. The third-order valence-electron chi connectivity index (χ3n) is 3.94. The van der Waals surface area contributed by atoms with Crippen molar-refractivity contribution in [1.82, 2.24) is 4.98 Å². The number of carboxylic acid groups (broad SMARTS) is 1. The van der Waals surface area contributed by atoms with Crippen LogP contribution in [0, 0.1) is 5.82 Å². The highest BCUT2D eigenvalue weighted by atomic mass is 19.4. The van der Waals surface area contributed by atoms with E-state index in [1.165, 1.54) is 18.3 Å². The van der Waals surface area contributed by atoms with E-state index in [1.54, 1.807) is 4.90 Å². The topological polar surface area (TPSA) is 53.4 Å². The summed E-state index contributed by atoms with van der Waals surface area (Å²) in [7, 11) is 0. The van der Waals surface area contributed by atoms with Gasteiger partial charge in [0.25, 0.3) is 0 Å². The molecule has 1 aliphatic rings. The quantitative estimate of drug-likeness (QED) is 0.850. The van der Waals surface area contributed by atoms with Crippen molar-refractivity contribution >= 4 is 11.7 Å². The van der Waals surface area contributed by atoms with Crippen molar-refractivity contribution in [3.63, 3.8) is 0 Å². The van der Waals surface area contributed by atoms with Crippen molar-refractivity contribution in [3.8, 4) is 0 Å². The number of carbonyl (C=O) groups is 1. The number of nitrogens with zero attached hydrogens (tertiary/aromatic N) is 2. The average Bonchev–Trinajstić information content (AvgIpc) is 2.52. The molecule has 0 fully saturated rings. The Morgan fingerprint density at radius 2 is 1.96 bits per heavy atom. The molecule has 0 saturated carbocycles. The Bertz CT molecular complexity index is 805. The van der Waals surface area contributed by atoms with Crippen LogP contribution < -0.4 is 4.90 Å². The van der Waals surface area contributed by atoms with E-state index < -0.39 is 23.5 Å². The van der Waals surface area contributed by atoms with Gasteiger partial charge in [0.1, 0.15) is 11.5 Å². The van der Waals surface area contributed by atoms with Crippen LogP contribution in [0.25, 0.3) is 0 Å². The first-order chi connectivity index (χ1) is 11.3. The molecule has 1 aromatic carbocycles. The summed E-state index contributed by atoms with van der Waals surface area (Å²) < 4.78 is 51.6. The van der Waals surface area contributed by atoms with Gasteiger partial charge in [-0.05, 0) is 41.8 Å². The Labute approximate surface area is 134 Å². The van der Waals surface area contributed by atoms with Crippen molar-refractivity contribution in [1.29, 1.82) is 0 Å². The number of hydrogen-bond acceptors (Lipinski definition) is 3. The first-order valence-corrected chi connectivity index (χ1v) is 7.08. The molecule has 126 valence electrons. The number of fused-ring (bicyclic) bond motifs is 1. The fourth-order valence-electron chi connectivity index (χ4n) is 2.71. The summed E-state index contributed by atoms with van der Waals surface area (Å²) in [4.78, 5) is 16.5. The van der Waals surface area contributed by atoms with E-state index in [0.717, 1.165) is 23.3 Å². The maximum atomic E-state index is 13.7. The first-order valence-electron chi connectivity index (χ1n) is 7.08. The second kappa shape index (κ2) is 5.77. The van der Waals surface area contributed by atoms with Crippen LogP contribution in [0.3, 0.4) is 0 Å². The van der Waals surface area contributed by atoms with Gasteiger partial charge < -0.3 is 10.0 Å². The minimum Gasteiger partial charge on any atom is -0.477 e. The maximum Gasteiger partial charge on any atom is 0.419 e. The van der Waals surface area contributed by atoms with E-state index in [9.17, 15) is 22.4 Å². The van der Waals surface area contributed by atoms with E-state index in [1.807, 2.05) is 0 Å². The summed E-state index contributed by atoms with van der Waals surface area (Å²) in [5, 5.41) is 8.93. The zero-order valence-electron chi connectivity index (χ0n) is 12.3. The lowest BCUT2D eigenvalue weighted by Gasteiger charge is -2.30. The number of aromatic nitrogens is 1. The largest absolute Gasteiger partial charge is 0.477 e. The summed E-state index contributed by atoms with van der Waals surface area (Å²) in [6.45, 7) is 0.772. The van der Waals surface area contributed by atoms with Crippen LogP contribution in [-0.2, 0) is 19.1 Å². The van der Waals surface area contributed by atoms with Crippen molar-refractivity contribution in [2.75, 3.05) is 11.4 Å². The van der Waals surface area contributed by atoms with E-state index in [4.69, 9.17) is 5.11 Å². The standard InChI is InChI=1S/C16H12F4N2O2/c17-13-6-11(1-2-12(13)16(18,19)20)22-4-3-9-5-14(15(23)24)21-7-10(9)8-22/h1-2,5-7H,3-4,8H2,(H,23,24). The fraction of sp³-hybridized carbons (Fsp3) is 0.250. The molecular weight excluding hydrogens is 328 g/mol. The number of halogens is 4. The van der Waals surface area contributed by atoms with Crippen molar-refractivity contribution in [2.45, 2.75) is 19.1 Å². The number of benzene rings is 1. The fourth-order valence-corrected chi connectivity index (χ4v) is 2.71. The van der Waals surface area contributed by atoms with Crippen molar-refractivity contribution in [3.05, 3.63) is 58.7 Å². The SMILES string of the molecule is O=C(O)c1cc2c(cn1)CN(c1ccc(C(F)(F)F)c(F)c1)CC2. The molecule has 0 spiro atoms. The molecule has 1 N–H and O–H groups in total. The van der Waals surface area contributed by atoms with E-state index >= 15 is 0 Å². The molecule has 0 unspecified atom stereocenters. The summed E-state index contributed by atoms with van der Waals surface area (Å²) in [6, 6.07) is 4.32. The molecule has 0 amide bonds. The van der Waals surface area contributed by atoms with Crippen LogP contribution in [0.1, 0.15) is 27.2 Å². The lowest BCUT2D eigenvalue weighted by molar-refractivity contribution is -0.139. The highest BCUT2D eigenvalue weighted by Crippen LogP contribution is 2.34. The highest BCUT2D eigenvalue weighted by molar-refractivity contribution is 5.85. The molecule has 0 atom stereocenters. The van der Waals surface area contributed by atoms with Crippen molar-refractivity contribution < 1.29 is 27.5 Å². The zero-order chi connectivity index (χ0) is 17.5. The summed E-state index contributed by atoms with van der Waals surface area (Å²) in [6.07, 6.45) is -2.79. The predicted molar refractivity (Wildman–Crippen MR) is 77.4 cm³/mol. The van der Waals surface area contributed by atoms with Gasteiger partial charge >= 0.3 is 12.1 Å². The molecule has 1 aliphatic heterocycles. The summed E-state index contributed by atoms with van der Waals surface area (Å²) in [5.41, 5.74) is 0.588. The molecule has 24 heavy (non-hydrogen) atoms. The minimum absolute atomic E-state index is 0.0530. The Morgan fingerprint density at radius 3 is 2.58 bits per heavy atom. The van der Waals surface area contributed by atoms with Crippen molar-refractivity contribution in [2.24, 2.45) is 0 Å². The lowest BCUT2D eigenvalue weighted by Crippen LogP contribution is -2.31. The van der Waals surface area contributed by atoms with Gasteiger partial charge in [0.2, 0.25) is 0 Å². The minimum atomic E-state index is -4.73. The van der Waals surface area contributed by atoms with Gasteiger partial charge in [-0.15, -0.1) is 0 Å². The second-order valence-electron chi connectivity index (χ2n) is 5.48. The number of alkyl halides is 3. The summed E-state index contributed by atoms with van der Waals surface area (Å²) >= 11 is 0. The zero-order valence-corrected chi connectivity index (χ0v) is 12.3. The molecule has 0 aliphatic carbocycles. The first kappa shape index (κ1) is 16.2. The van der Waals surface area contributed by atoms with Gasteiger partial charge in [-0.2, -0.15) is 13.2 Å². The summed E-state index contributed by atoms with van der Waals surface area (Å²) in [5.74, 6) is -2.44. The monoisotopic (exact) mass is 340 g/mol. The second-order valence-corrected chi connectivity index (χ2v) is 5.48. The lowest BCUT2D eigenvalue weighted by atomic mass is 10.00. The molecule has 2 aromatic rings. The van der Waals surface area contributed by atoms with Crippen LogP contribution in [0.5, 0.6) is 0 Å². The normalized spacial score (nSPS) is 14.4. The number of hydrogen-bond donors (Lipinski definition) is 1. The molecule has 8 heteroatoms. The number of aromatic carboxylic acids is 1. The smallest absolute Gasteiger partial charge is 0.419 e. The number of rotatable bonds is 2. The molecule has 0 radical (unpaired) electrons. The molecular formula is C16H12F4N2O2. The number of carboxylic acids is 1. The van der Waals surface area contributed by atoms with Gasteiger partial charge in [0.05, 0.1) is 5.56 Å². The third kappa shape index (κ3) is 3.04. The third-order valence-corrected chi connectivity index (χ3v) is 3.94. The molecule has 4 nitrogen and oxygen atoms in total. The van der Waals surface area contributed by atoms with Gasteiger partial charge in [-0.3, -0.25) is 0 Å². The number of anilines is 1. The molecule has 3 rings (SSSR count). The van der Waals surface area contributed by atoms with Gasteiger partial charge in [-0.1, -0.05) is 0 Å². The average molecular weight is 340 g/mol. The van der Waals surface area contributed by atoms with Crippen LogP contribution in [0.15, 0.2) is 30.5 Å². The van der Waals surface area contributed by atoms with Crippen LogP contribution in [-0.4, -0.2) is 22.6 Å². The molecule has 1 aromatic heterocycles. The van der Waals surface area contributed by atoms with Gasteiger partial charge in [-0.25, -0.2) is 14.2 Å². The molecule has 0 saturated heterocycles. The Hall–Kier alpha value is -2.64. The predicted octanol–water partition coefficient (Wildman–Crippen LogP) is 3.50.